The van der Waals surface area contributed by atoms with Crippen LogP contribution in [0.5, 0.6) is 0 Å². The molecular weight excluding hydrogens is 226 g/mol. The Morgan fingerprint density at radius 3 is 2.71 bits per heavy atom. The first-order valence-electron chi connectivity index (χ1n) is 6.13. The van der Waals surface area contributed by atoms with Crippen molar-refractivity contribution in [2.75, 3.05) is 6.54 Å². The molecule has 2 atom stereocenters. The first kappa shape index (κ1) is 11.0. The van der Waals surface area contributed by atoms with Crippen molar-refractivity contribution in [2.24, 2.45) is 0 Å². The van der Waals surface area contributed by atoms with Gasteiger partial charge in [-0.15, -0.1) is 11.3 Å². The summed E-state index contributed by atoms with van der Waals surface area (Å²) in [7, 11) is 0. The minimum Gasteiger partial charge on any atom is -0.309 e. The Hall–Kier alpha value is -1.12. The Bertz CT molecular complexity index is 477. The SMILES string of the molecule is CC1(c2cccs2)CCNC1c1ccccc1. The summed E-state index contributed by atoms with van der Waals surface area (Å²) in [5.41, 5.74) is 1.65. The van der Waals surface area contributed by atoms with E-state index < -0.39 is 0 Å². The molecule has 0 bridgehead atoms. The molecule has 2 heteroatoms. The molecule has 1 N–H and O–H groups in total. The average Bonchev–Trinajstić information content (AvgIpc) is 2.99. The molecule has 2 heterocycles. The number of rotatable bonds is 2. The van der Waals surface area contributed by atoms with Gasteiger partial charge in [0.2, 0.25) is 0 Å². The van der Waals surface area contributed by atoms with E-state index in [1.54, 1.807) is 0 Å². The summed E-state index contributed by atoms with van der Waals surface area (Å²) in [5.74, 6) is 0. The third-order valence-electron chi connectivity index (χ3n) is 3.85. The molecule has 0 radical (unpaired) electrons. The molecule has 1 aromatic heterocycles. The lowest BCUT2D eigenvalue weighted by Gasteiger charge is -2.30. The second kappa shape index (κ2) is 4.28. The number of hydrogen-bond acceptors (Lipinski definition) is 2. The minimum absolute atomic E-state index is 0.246. The molecule has 0 amide bonds. The number of benzene rings is 1. The summed E-state index contributed by atoms with van der Waals surface area (Å²) in [4.78, 5) is 1.50. The van der Waals surface area contributed by atoms with Crippen LogP contribution in [0.25, 0.3) is 0 Å². The van der Waals surface area contributed by atoms with Gasteiger partial charge in [-0.1, -0.05) is 43.3 Å². The Kier molecular flexibility index (Phi) is 2.77. The Balaban J connectivity index is 2.00. The van der Waals surface area contributed by atoms with Crippen molar-refractivity contribution in [3.63, 3.8) is 0 Å². The van der Waals surface area contributed by atoms with Gasteiger partial charge in [0.15, 0.2) is 0 Å². The van der Waals surface area contributed by atoms with E-state index in [1.165, 1.54) is 16.9 Å². The molecule has 2 unspecified atom stereocenters. The van der Waals surface area contributed by atoms with Crippen LogP contribution >= 0.6 is 11.3 Å². The van der Waals surface area contributed by atoms with Crippen molar-refractivity contribution < 1.29 is 0 Å². The topological polar surface area (TPSA) is 12.0 Å². The van der Waals surface area contributed by atoms with Crippen molar-refractivity contribution in [1.82, 2.24) is 5.32 Å². The molecule has 3 rings (SSSR count). The van der Waals surface area contributed by atoms with Crippen LogP contribution < -0.4 is 5.32 Å². The fraction of sp³-hybridized carbons (Fsp3) is 0.333. The summed E-state index contributed by atoms with van der Waals surface area (Å²) < 4.78 is 0. The van der Waals surface area contributed by atoms with Gasteiger partial charge in [0.05, 0.1) is 0 Å². The summed E-state index contributed by atoms with van der Waals surface area (Å²) in [6.45, 7) is 3.49. The van der Waals surface area contributed by atoms with Crippen LogP contribution in [0.2, 0.25) is 0 Å². The van der Waals surface area contributed by atoms with Gasteiger partial charge < -0.3 is 5.32 Å². The second-order valence-electron chi connectivity index (χ2n) is 4.94. The Morgan fingerprint density at radius 1 is 1.18 bits per heavy atom. The fourth-order valence-corrected chi connectivity index (χ4v) is 3.80. The standard InChI is InChI=1S/C15H17NS/c1-15(13-8-5-11-17-13)9-10-16-14(15)12-6-3-2-4-7-12/h2-8,11,14,16H,9-10H2,1H3. The number of nitrogens with one attached hydrogen (secondary N) is 1. The highest BCUT2D eigenvalue weighted by Gasteiger charge is 2.41. The summed E-state index contributed by atoms with van der Waals surface area (Å²) >= 11 is 1.88. The molecule has 88 valence electrons. The second-order valence-corrected chi connectivity index (χ2v) is 5.89. The van der Waals surface area contributed by atoms with Crippen LogP contribution in [0.4, 0.5) is 0 Å². The van der Waals surface area contributed by atoms with Gasteiger partial charge in [0.25, 0.3) is 0 Å². The van der Waals surface area contributed by atoms with Gasteiger partial charge in [-0.05, 0) is 30.0 Å². The summed E-state index contributed by atoms with van der Waals surface area (Å²) in [5, 5.41) is 5.84. The van der Waals surface area contributed by atoms with E-state index in [0.717, 1.165) is 6.54 Å². The van der Waals surface area contributed by atoms with Gasteiger partial charge in [-0.2, -0.15) is 0 Å². The zero-order valence-electron chi connectivity index (χ0n) is 10.0. The lowest BCUT2D eigenvalue weighted by Crippen LogP contribution is -2.29. The van der Waals surface area contributed by atoms with Crippen LogP contribution in [-0.2, 0) is 5.41 Å². The maximum Gasteiger partial charge on any atom is 0.0423 e. The van der Waals surface area contributed by atoms with E-state index in [2.05, 4.69) is 60.1 Å². The monoisotopic (exact) mass is 243 g/mol. The van der Waals surface area contributed by atoms with Gasteiger partial charge >= 0.3 is 0 Å². The van der Waals surface area contributed by atoms with Crippen LogP contribution in [0.15, 0.2) is 47.8 Å². The highest BCUT2D eigenvalue weighted by Crippen LogP contribution is 2.45. The lowest BCUT2D eigenvalue weighted by atomic mass is 9.78. The van der Waals surface area contributed by atoms with Crippen molar-refractivity contribution in [2.45, 2.75) is 24.8 Å². The molecule has 17 heavy (non-hydrogen) atoms. The van der Waals surface area contributed by atoms with Gasteiger partial charge in [-0.25, -0.2) is 0 Å². The molecule has 0 saturated carbocycles. The van der Waals surface area contributed by atoms with Gasteiger partial charge in [0.1, 0.15) is 0 Å². The first-order valence-corrected chi connectivity index (χ1v) is 7.01. The average molecular weight is 243 g/mol. The molecule has 1 aliphatic heterocycles. The van der Waals surface area contributed by atoms with Gasteiger partial charge in [-0.3, -0.25) is 0 Å². The molecule has 1 aromatic carbocycles. The minimum atomic E-state index is 0.246. The van der Waals surface area contributed by atoms with Crippen molar-refractivity contribution >= 4 is 11.3 Å². The largest absolute Gasteiger partial charge is 0.309 e. The van der Waals surface area contributed by atoms with E-state index in [9.17, 15) is 0 Å². The van der Waals surface area contributed by atoms with Crippen LogP contribution in [0, 0.1) is 0 Å². The van der Waals surface area contributed by atoms with E-state index >= 15 is 0 Å². The predicted octanol–water partition coefficient (Wildman–Crippen LogP) is 3.74. The Labute approximate surface area is 106 Å². The predicted molar refractivity (Wildman–Crippen MR) is 73.5 cm³/mol. The summed E-state index contributed by atoms with van der Waals surface area (Å²) in [6, 6.07) is 15.7. The van der Waals surface area contributed by atoms with Crippen LogP contribution in [0.3, 0.4) is 0 Å². The maximum absolute atomic E-state index is 3.66. The van der Waals surface area contributed by atoms with E-state index in [1.807, 2.05) is 11.3 Å². The normalized spacial score (nSPS) is 28.4. The molecule has 0 aliphatic carbocycles. The fourth-order valence-electron chi connectivity index (χ4n) is 2.85. The van der Waals surface area contributed by atoms with Crippen molar-refractivity contribution in [3.05, 3.63) is 58.3 Å². The Morgan fingerprint density at radius 2 is 2.00 bits per heavy atom. The first-order chi connectivity index (χ1) is 8.31. The molecule has 1 aliphatic rings. The molecule has 1 saturated heterocycles. The number of thiophene rings is 1. The van der Waals surface area contributed by atoms with Gasteiger partial charge in [0, 0.05) is 16.3 Å². The van der Waals surface area contributed by atoms with Crippen LogP contribution in [-0.4, -0.2) is 6.54 Å². The third kappa shape index (κ3) is 1.81. The lowest BCUT2D eigenvalue weighted by molar-refractivity contribution is 0.421. The number of hydrogen-bond donors (Lipinski definition) is 1. The molecular formula is C15H17NS. The molecule has 1 nitrogen and oxygen atoms in total. The van der Waals surface area contributed by atoms with Crippen LogP contribution in [0.1, 0.15) is 29.8 Å². The molecule has 0 spiro atoms. The van der Waals surface area contributed by atoms with E-state index in [0.29, 0.717) is 6.04 Å². The zero-order valence-corrected chi connectivity index (χ0v) is 10.8. The quantitative estimate of drug-likeness (QED) is 0.847. The summed E-state index contributed by atoms with van der Waals surface area (Å²) in [6.07, 6.45) is 1.22. The highest BCUT2D eigenvalue weighted by molar-refractivity contribution is 7.10. The van der Waals surface area contributed by atoms with E-state index in [-0.39, 0.29) is 5.41 Å². The molecule has 1 fully saturated rings. The molecule has 2 aromatic rings. The van der Waals surface area contributed by atoms with Crippen molar-refractivity contribution in [1.29, 1.82) is 0 Å². The maximum atomic E-state index is 3.66. The smallest absolute Gasteiger partial charge is 0.0423 e. The third-order valence-corrected chi connectivity index (χ3v) is 5.00. The van der Waals surface area contributed by atoms with E-state index in [4.69, 9.17) is 0 Å². The highest BCUT2D eigenvalue weighted by atomic mass is 32.1. The van der Waals surface area contributed by atoms with Crippen molar-refractivity contribution in [3.8, 4) is 0 Å². The zero-order chi connectivity index (χ0) is 11.7.